The van der Waals surface area contributed by atoms with E-state index in [4.69, 9.17) is 4.74 Å². The number of amides is 2. The van der Waals surface area contributed by atoms with E-state index < -0.39 is 0 Å². The molecule has 3 unspecified atom stereocenters. The van der Waals surface area contributed by atoms with Gasteiger partial charge in [-0.1, -0.05) is 6.07 Å². The van der Waals surface area contributed by atoms with E-state index in [1.165, 1.54) is 0 Å². The van der Waals surface area contributed by atoms with Crippen LogP contribution in [-0.4, -0.2) is 84.1 Å². The summed E-state index contributed by atoms with van der Waals surface area (Å²) in [7, 11) is 2.11. The normalized spacial score (nSPS) is 28.6. The first-order valence-electron chi connectivity index (χ1n) is 11.1. The highest BCUT2D eigenvalue weighted by atomic mass is 16.5. The van der Waals surface area contributed by atoms with Crippen molar-refractivity contribution in [3.05, 3.63) is 30.1 Å². The highest BCUT2D eigenvalue weighted by molar-refractivity contribution is 5.83. The van der Waals surface area contributed by atoms with Crippen molar-refractivity contribution in [1.29, 1.82) is 0 Å². The Kier molecular flexibility index (Phi) is 6.97. The SMILES string of the molecule is CN1C(CCC(=O)NCc2cccnc2)CNC(=O)C2C1CCN2C1CCOCC1. The van der Waals surface area contributed by atoms with Gasteiger partial charge in [0.2, 0.25) is 11.8 Å². The maximum absolute atomic E-state index is 12.9. The van der Waals surface area contributed by atoms with Crippen molar-refractivity contribution in [3.63, 3.8) is 0 Å². The van der Waals surface area contributed by atoms with Crippen molar-refractivity contribution >= 4 is 11.8 Å². The first kappa shape index (κ1) is 21.2. The number of pyridine rings is 1. The lowest BCUT2D eigenvalue weighted by atomic mass is 10.0. The lowest BCUT2D eigenvalue weighted by Gasteiger charge is -2.37. The molecule has 2 amide bonds. The summed E-state index contributed by atoms with van der Waals surface area (Å²) in [5.74, 6) is 0.175. The van der Waals surface area contributed by atoms with E-state index in [9.17, 15) is 9.59 Å². The van der Waals surface area contributed by atoms with E-state index in [2.05, 4.69) is 32.5 Å². The number of carbonyl (C=O) groups is 2. The predicted octanol–water partition coefficient (Wildman–Crippen LogP) is 0.530. The van der Waals surface area contributed by atoms with E-state index in [0.29, 0.717) is 25.6 Å². The van der Waals surface area contributed by atoms with Crippen LogP contribution in [0.3, 0.4) is 0 Å². The Labute approximate surface area is 178 Å². The molecule has 3 aliphatic rings. The summed E-state index contributed by atoms with van der Waals surface area (Å²) in [6, 6.07) is 4.53. The lowest BCUT2D eigenvalue weighted by molar-refractivity contribution is -0.127. The second kappa shape index (κ2) is 9.85. The topological polar surface area (TPSA) is 86.8 Å². The van der Waals surface area contributed by atoms with Gasteiger partial charge < -0.3 is 15.4 Å². The highest BCUT2D eigenvalue weighted by Gasteiger charge is 2.47. The number of likely N-dealkylation sites (N-methyl/N-ethyl adjacent to an activating group) is 1. The molecule has 0 spiro atoms. The average molecular weight is 416 g/mol. The van der Waals surface area contributed by atoms with Crippen molar-refractivity contribution in [3.8, 4) is 0 Å². The molecule has 3 aliphatic heterocycles. The summed E-state index contributed by atoms with van der Waals surface area (Å²) < 4.78 is 5.51. The number of nitrogens with one attached hydrogen (secondary N) is 2. The molecule has 3 atom stereocenters. The van der Waals surface area contributed by atoms with Gasteiger partial charge in [-0.05, 0) is 44.4 Å². The average Bonchev–Trinajstić information content (AvgIpc) is 3.19. The van der Waals surface area contributed by atoms with Gasteiger partial charge in [0.05, 0.1) is 0 Å². The molecule has 4 heterocycles. The zero-order chi connectivity index (χ0) is 20.9. The van der Waals surface area contributed by atoms with Crippen LogP contribution in [-0.2, 0) is 20.9 Å². The molecule has 0 aromatic carbocycles. The molecule has 4 rings (SSSR count). The fourth-order valence-corrected chi connectivity index (χ4v) is 5.11. The number of carbonyl (C=O) groups excluding carboxylic acids is 2. The van der Waals surface area contributed by atoms with E-state index in [-0.39, 0.29) is 29.9 Å². The van der Waals surface area contributed by atoms with Crippen LogP contribution in [0.5, 0.6) is 0 Å². The highest BCUT2D eigenvalue weighted by Crippen LogP contribution is 2.31. The Morgan fingerprint density at radius 2 is 2.17 bits per heavy atom. The molecule has 3 saturated heterocycles. The number of ether oxygens (including phenoxy) is 1. The molecule has 8 heteroatoms. The van der Waals surface area contributed by atoms with Crippen LogP contribution in [0, 0.1) is 0 Å². The molecule has 0 aliphatic carbocycles. The summed E-state index contributed by atoms with van der Waals surface area (Å²) in [5, 5.41) is 6.12. The number of fused-ring (bicyclic) bond motifs is 1. The fourth-order valence-electron chi connectivity index (χ4n) is 5.11. The number of hydrogen-bond acceptors (Lipinski definition) is 6. The molecule has 3 fully saturated rings. The summed E-state index contributed by atoms with van der Waals surface area (Å²) >= 11 is 0. The Morgan fingerprint density at radius 3 is 2.93 bits per heavy atom. The molecule has 1 aromatic heterocycles. The number of nitrogens with zero attached hydrogens (tertiary/aromatic N) is 3. The van der Waals surface area contributed by atoms with Crippen molar-refractivity contribution in [2.45, 2.75) is 62.8 Å². The minimum atomic E-state index is -0.0949. The van der Waals surface area contributed by atoms with E-state index >= 15 is 0 Å². The molecule has 30 heavy (non-hydrogen) atoms. The molecule has 1 aromatic rings. The molecular weight excluding hydrogens is 382 g/mol. The predicted molar refractivity (Wildman–Crippen MR) is 113 cm³/mol. The second-order valence-electron chi connectivity index (χ2n) is 8.62. The largest absolute Gasteiger partial charge is 0.381 e. The van der Waals surface area contributed by atoms with Crippen LogP contribution in [0.25, 0.3) is 0 Å². The van der Waals surface area contributed by atoms with Gasteiger partial charge in [-0.25, -0.2) is 0 Å². The van der Waals surface area contributed by atoms with Crippen molar-refractivity contribution in [2.24, 2.45) is 0 Å². The number of hydrogen-bond donors (Lipinski definition) is 2. The number of aromatic nitrogens is 1. The minimum Gasteiger partial charge on any atom is -0.381 e. The van der Waals surface area contributed by atoms with Crippen molar-refractivity contribution in [1.82, 2.24) is 25.4 Å². The Hall–Kier alpha value is -2.03. The molecule has 0 radical (unpaired) electrons. The van der Waals surface area contributed by atoms with Gasteiger partial charge in [0.15, 0.2) is 0 Å². The van der Waals surface area contributed by atoms with Gasteiger partial charge >= 0.3 is 0 Å². The lowest BCUT2D eigenvalue weighted by Crippen LogP contribution is -2.53. The second-order valence-corrected chi connectivity index (χ2v) is 8.62. The monoisotopic (exact) mass is 415 g/mol. The summed E-state index contributed by atoms with van der Waals surface area (Å²) in [5.41, 5.74) is 0.992. The fraction of sp³-hybridized carbons (Fsp3) is 0.682. The van der Waals surface area contributed by atoms with E-state index in [1.807, 2.05) is 12.1 Å². The van der Waals surface area contributed by atoms with Gasteiger partial charge in [-0.3, -0.25) is 24.4 Å². The van der Waals surface area contributed by atoms with Crippen LogP contribution in [0.2, 0.25) is 0 Å². The number of likely N-dealkylation sites (tertiary alicyclic amines) is 1. The zero-order valence-electron chi connectivity index (χ0n) is 17.8. The Morgan fingerprint density at radius 1 is 1.33 bits per heavy atom. The third kappa shape index (κ3) is 4.82. The van der Waals surface area contributed by atoms with Gasteiger partial charge in [0.25, 0.3) is 0 Å². The number of rotatable bonds is 6. The minimum absolute atomic E-state index is 0.0367. The van der Waals surface area contributed by atoms with Crippen LogP contribution in [0.4, 0.5) is 0 Å². The maximum Gasteiger partial charge on any atom is 0.239 e. The first-order chi connectivity index (χ1) is 14.6. The zero-order valence-corrected chi connectivity index (χ0v) is 17.8. The quantitative estimate of drug-likeness (QED) is 0.705. The Balaban J connectivity index is 1.31. The van der Waals surface area contributed by atoms with E-state index in [0.717, 1.165) is 51.0 Å². The summed E-state index contributed by atoms with van der Waals surface area (Å²) in [6.07, 6.45) is 7.67. The van der Waals surface area contributed by atoms with E-state index in [1.54, 1.807) is 12.4 Å². The molecule has 164 valence electrons. The van der Waals surface area contributed by atoms with Crippen LogP contribution < -0.4 is 10.6 Å². The molecule has 0 bridgehead atoms. The summed E-state index contributed by atoms with van der Waals surface area (Å²) in [6.45, 7) is 3.62. The van der Waals surface area contributed by atoms with Crippen molar-refractivity contribution < 1.29 is 14.3 Å². The van der Waals surface area contributed by atoms with Crippen molar-refractivity contribution in [2.75, 3.05) is 33.4 Å². The van der Waals surface area contributed by atoms with Crippen LogP contribution in [0.1, 0.15) is 37.7 Å². The van der Waals surface area contributed by atoms with Gasteiger partial charge in [0, 0.05) is 69.8 Å². The van der Waals surface area contributed by atoms with Gasteiger partial charge in [-0.2, -0.15) is 0 Å². The molecule has 0 saturated carbocycles. The Bertz CT molecular complexity index is 725. The first-order valence-corrected chi connectivity index (χ1v) is 11.1. The molecule has 2 N–H and O–H groups in total. The molecular formula is C22H33N5O3. The smallest absolute Gasteiger partial charge is 0.239 e. The third-order valence-electron chi connectivity index (χ3n) is 6.86. The standard InChI is InChI=1S/C22H33N5O3/c1-26-18(4-5-20(28)24-14-16-3-2-9-23-13-16)15-25-22(29)21-19(26)6-10-27(21)17-7-11-30-12-8-17/h2-3,9,13,17-19,21H,4-8,10-12,14-15H2,1H3,(H,24,28)(H,25,29). The van der Waals surface area contributed by atoms with Crippen LogP contribution >= 0.6 is 0 Å². The molecule has 8 nitrogen and oxygen atoms in total. The third-order valence-corrected chi connectivity index (χ3v) is 6.86. The maximum atomic E-state index is 12.9. The van der Waals surface area contributed by atoms with Crippen LogP contribution in [0.15, 0.2) is 24.5 Å². The van der Waals surface area contributed by atoms with Gasteiger partial charge in [-0.15, -0.1) is 0 Å². The van der Waals surface area contributed by atoms with Gasteiger partial charge in [0.1, 0.15) is 6.04 Å². The summed E-state index contributed by atoms with van der Waals surface area (Å²) in [4.78, 5) is 34.1.